The average molecular weight is 344 g/mol. The van der Waals surface area contributed by atoms with Crippen LogP contribution in [-0.4, -0.2) is 43.4 Å². The van der Waals surface area contributed by atoms with Gasteiger partial charge in [-0.25, -0.2) is 9.37 Å². The lowest BCUT2D eigenvalue weighted by Crippen LogP contribution is -2.38. The normalized spacial score (nSPS) is 19.2. The monoisotopic (exact) mass is 344 g/mol. The van der Waals surface area contributed by atoms with Crippen LogP contribution < -0.4 is 14.4 Å². The summed E-state index contributed by atoms with van der Waals surface area (Å²) < 4.78 is 30.7. The maximum Gasteiger partial charge on any atom is 0.258 e. The molecule has 0 saturated carbocycles. The number of ether oxygens (including phenoxy) is 3. The Morgan fingerprint density at radius 1 is 1.32 bits per heavy atom. The molecule has 1 aromatic heterocycles. The van der Waals surface area contributed by atoms with Crippen LogP contribution in [0.3, 0.4) is 0 Å². The van der Waals surface area contributed by atoms with Crippen molar-refractivity contribution in [1.82, 2.24) is 4.98 Å². The number of aromatic nitrogens is 1. The van der Waals surface area contributed by atoms with Crippen molar-refractivity contribution in [3.05, 3.63) is 47.9 Å². The van der Waals surface area contributed by atoms with Crippen LogP contribution >= 0.6 is 0 Å². The summed E-state index contributed by atoms with van der Waals surface area (Å²) in [6.45, 7) is 1.77. The number of carbonyl (C=O) groups excluding carboxylic acids is 1. The third-order valence-electron chi connectivity index (χ3n) is 4.19. The number of benzene rings is 1. The van der Waals surface area contributed by atoms with Gasteiger partial charge in [0, 0.05) is 24.2 Å². The van der Waals surface area contributed by atoms with Gasteiger partial charge in [0.25, 0.3) is 5.91 Å². The smallest absolute Gasteiger partial charge is 0.258 e. The molecule has 1 fully saturated rings. The average Bonchev–Trinajstić information content (AvgIpc) is 3.14. The van der Waals surface area contributed by atoms with E-state index in [9.17, 15) is 9.18 Å². The van der Waals surface area contributed by atoms with Gasteiger partial charge >= 0.3 is 0 Å². The van der Waals surface area contributed by atoms with E-state index in [1.165, 1.54) is 17.2 Å². The summed E-state index contributed by atoms with van der Waals surface area (Å²) >= 11 is 0. The lowest BCUT2D eigenvalue weighted by molar-refractivity contribution is 0.0973. The first-order valence-corrected chi connectivity index (χ1v) is 8.16. The standard InChI is InChI=1S/C18H17FN2O4/c19-14-2-1-3-15-17(14)21(7-9-24-15)18(22)12-4-6-20-16(10-12)25-13-5-8-23-11-13/h1-4,6,10,13H,5,7-9,11H2. The van der Waals surface area contributed by atoms with E-state index >= 15 is 0 Å². The van der Waals surface area contributed by atoms with E-state index in [2.05, 4.69) is 4.98 Å². The Labute approximate surface area is 144 Å². The molecule has 7 heteroatoms. The van der Waals surface area contributed by atoms with Gasteiger partial charge in [-0.1, -0.05) is 6.07 Å². The minimum absolute atomic E-state index is 0.0561. The highest BCUT2D eigenvalue weighted by molar-refractivity contribution is 6.07. The zero-order valence-corrected chi connectivity index (χ0v) is 13.5. The second kappa shape index (κ2) is 6.68. The highest BCUT2D eigenvalue weighted by Gasteiger charge is 2.28. The molecule has 2 aromatic rings. The van der Waals surface area contributed by atoms with Crippen LogP contribution in [0.15, 0.2) is 36.5 Å². The van der Waals surface area contributed by atoms with E-state index in [4.69, 9.17) is 14.2 Å². The van der Waals surface area contributed by atoms with E-state index in [0.29, 0.717) is 37.0 Å². The summed E-state index contributed by atoms with van der Waals surface area (Å²) in [7, 11) is 0. The fourth-order valence-corrected chi connectivity index (χ4v) is 2.98. The number of amides is 1. The minimum atomic E-state index is -0.487. The molecule has 2 aliphatic rings. The number of hydrogen-bond donors (Lipinski definition) is 0. The molecule has 130 valence electrons. The van der Waals surface area contributed by atoms with E-state index < -0.39 is 5.82 Å². The van der Waals surface area contributed by atoms with E-state index in [-0.39, 0.29) is 24.2 Å². The van der Waals surface area contributed by atoms with Gasteiger partial charge in [0.05, 0.1) is 19.8 Å². The Balaban J connectivity index is 1.60. The van der Waals surface area contributed by atoms with Gasteiger partial charge in [0.2, 0.25) is 5.88 Å². The van der Waals surface area contributed by atoms with Gasteiger partial charge < -0.3 is 14.2 Å². The molecular formula is C18H17FN2O4. The summed E-state index contributed by atoms with van der Waals surface area (Å²) in [6.07, 6.45) is 2.25. The second-order valence-corrected chi connectivity index (χ2v) is 5.88. The number of rotatable bonds is 3. The molecule has 0 aliphatic carbocycles. The summed E-state index contributed by atoms with van der Waals surface area (Å²) in [5.74, 6) is -0.0691. The van der Waals surface area contributed by atoms with Crippen molar-refractivity contribution in [3.8, 4) is 11.6 Å². The van der Waals surface area contributed by atoms with Crippen LogP contribution in [0.1, 0.15) is 16.8 Å². The summed E-state index contributed by atoms with van der Waals surface area (Å²) in [6, 6.07) is 7.70. The molecule has 1 atom stereocenters. The predicted molar refractivity (Wildman–Crippen MR) is 87.7 cm³/mol. The number of halogens is 1. The zero-order valence-electron chi connectivity index (χ0n) is 13.5. The lowest BCUT2D eigenvalue weighted by Gasteiger charge is -2.29. The van der Waals surface area contributed by atoms with Gasteiger partial charge in [0.1, 0.15) is 24.1 Å². The molecule has 0 spiro atoms. The van der Waals surface area contributed by atoms with Crippen LogP contribution in [0.4, 0.5) is 10.1 Å². The van der Waals surface area contributed by atoms with Crippen LogP contribution in [0.2, 0.25) is 0 Å². The molecular weight excluding hydrogens is 327 g/mol. The Bertz CT molecular complexity index is 792. The van der Waals surface area contributed by atoms with Crippen LogP contribution in [0, 0.1) is 5.82 Å². The Morgan fingerprint density at radius 3 is 3.08 bits per heavy atom. The minimum Gasteiger partial charge on any atom is -0.489 e. The SMILES string of the molecule is O=C(c1ccnc(OC2CCOC2)c1)N1CCOc2cccc(F)c21. The number of anilines is 1. The number of hydrogen-bond acceptors (Lipinski definition) is 5. The van der Waals surface area contributed by atoms with Gasteiger partial charge in [-0.2, -0.15) is 0 Å². The van der Waals surface area contributed by atoms with E-state index in [0.717, 1.165) is 6.42 Å². The second-order valence-electron chi connectivity index (χ2n) is 5.88. The molecule has 4 rings (SSSR count). The van der Waals surface area contributed by atoms with Crippen molar-refractivity contribution >= 4 is 11.6 Å². The molecule has 1 aromatic carbocycles. The highest BCUT2D eigenvalue weighted by atomic mass is 19.1. The zero-order chi connectivity index (χ0) is 17.2. The van der Waals surface area contributed by atoms with Gasteiger partial charge in [-0.3, -0.25) is 9.69 Å². The topological polar surface area (TPSA) is 60.9 Å². The summed E-state index contributed by atoms with van der Waals surface area (Å²) in [5, 5.41) is 0. The first-order chi connectivity index (χ1) is 12.2. The number of fused-ring (bicyclic) bond motifs is 1. The largest absolute Gasteiger partial charge is 0.489 e. The van der Waals surface area contributed by atoms with Crippen molar-refractivity contribution in [2.24, 2.45) is 0 Å². The summed E-state index contributed by atoms with van der Waals surface area (Å²) in [5.41, 5.74) is 0.558. The van der Waals surface area contributed by atoms with Crippen molar-refractivity contribution < 1.29 is 23.4 Å². The summed E-state index contributed by atoms with van der Waals surface area (Å²) in [4.78, 5) is 18.4. The number of para-hydroxylation sites is 1. The number of carbonyl (C=O) groups is 1. The molecule has 1 amide bonds. The molecule has 0 bridgehead atoms. The fourth-order valence-electron chi connectivity index (χ4n) is 2.98. The number of pyridine rings is 1. The van der Waals surface area contributed by atoms with Gasteiger partial charge in [-0.15, -0.1) is 0 Å². The first-order valence-electron chi connectivity index (χ1n) is 8.16. The molecule has 6 nitrogen and oxygen atoms in total. The lowest BCUT2D eigenvalue weighted by atomic mass is 10.1. The maximum atomic E-state index is 14.2. The van der Waals surface area contributed by atoms with Crippen molar-refractivity contribution in [2.75, 3.05) is 31.3 Å². The third-order valence-corrected chi connectivity index (χ3v) is 4.19. The predicted octanol–water partition coefficient (Wildman–Crippen LogP) is 2.43. The van der Waals surface area contributed by atoms with E-state index in [1.807, 2.05) is 0 Å². The molecule has 2 aliphatic heterocycles. The molecule has 0 N–H and O–H groups in total. The van der Waals surface area contributed by atoms with Gasteiger partial charge in [-0.05, 0) is 18.2 Å². The molecule has 1 unspecified atom stereocenters. The Morgan fingerprint density at radius 2 is 2.24 bits per heavy atom. The molecule has 0 radical (unpaired) electrons. The third kappa shape index (κ3) is 3.15. The number of nitrogens with zero attached hydrogens (tertiary/aromatic N) is 2. The Kier molecular flexibility index (Phi) is 4.23. The first kappa shape index (κ1) is 15.8. The van der Waals surface area contributed by atoms with Crippen LogP contribution in [-0.2, 0) is 4.74 Å². The quantitative estimate of drug-likeness (QED) is 0.856. The van der Waals surface area contributed by atoms with Gasteiger partial charge in [0.15, 0.2) is 5.82 Å². The highest BCUT2D eigenvalue weighted by Crippen LogP contribution is 2.35. The van der Waals surface area contributed by atoms with Crippen molar-refractivity contribution in [2.45, 2.75) is 12.5 Å². The van der Waals surface area contributed by atoms with Crippen molar-refractivity contribution in [1.29, 1.82) is 0 Å². The fraction of sp³-hybridized carbons (Fsp3) is 0.333. The van der Waals surface area contributed by atoms with Crippen LogP contribution in [0.5, 0.6) is 11.6 Å². The molecule has 3 heterocycles. The van der Waals surface area contributed by atoms with Crippen LogP contribution in [0.25, 0.3) is 0 Å². The van der Waals surface area contributed by atoms with Crippen molar-refractivity contribution in [3.63, 3.8) is 0 Å². The molecule has 1 saturated heterocycles. The molecule has 25 heavy (non-hydrogen) atoms. The Hall–Kier alpha value is -2.67. The maximum absolute atomic E-state index is 14.2. The van der Waals surface area contributed by atoms with E-state index in [1.54, 1.807) is 24.3 Å².